The maximum atomic E-state index is 13.9. The van der Waals surface area contributed by atoms with Crippen molar-refractivity contribution in [1.29, 1.82) is 0 Å². The second kappa shape index (κ2) is 10.2. The first-order valence-electron chi connectivity index (χ1n) is 12.4. The summed E-state index contributed by atoms with van der Waals surface area (Å²) in [5.74, 6) is -0.527. The smallest absolute Gasteiger partial charge is 0.410 e. The molecule has 2 aromatic carbocycles. The average molecular weight is 535 g/mol. The van der Waals surface area contributed by atoms with Gasteiger partial charge in [-0.1, -0.05) is 35.3 Å². The first-order chi connectivity index (χ1) is 16.9. The number of likely N-dealkylation sites (tertiary alicyclic amines) is 2. The zero-order valence-corrected chi connectivity index (χ0v) is 22.7. The summed E-state index contributed by atoms with van der Waals surface area (Å²) < 4.78 is 19.4. The lowest BCUT2D eigenvalue weighted by atomic mass is 9.63. The summed E-state index contributed by atoms with van der Waals surface area (Å²) in [5.41, 5.74) is 0.747. The number of amides is 2. The monoisotopic (exact) mass is 534 g/mol. The Bertz CT molecular complexity index is 1100. The lowest BCUT2D eigenvalue weighted by molar-refractivity contribution is -0.135. The molecule has 8 heteroatoms. The van der Waals surface area contributed by atoms with Gasteiger partial charge in [0.1, 0.15) is 11.4 Å². The number of piperidine rings is 1. The van der Waals surface area contributed by atoms with E-state index < -0.39 is 11.0 Å². The van der Waals surface area contributed by atoms with Crippen LogP contribution in [0, 0.1) is 11.7 Å². The highest BCUT2D eigenvalue weighted by Gasteiger charge is 2.51. The Labute approximate surface area is 222 Å². The van der Waals surface area contributed by atoms with E-state index >= 15 is 0 Å². The molecule has 36 heavy (non-hydrogen) atoms. The zero-order chi connectivity index (χ0) is 26.3. The fourth-order valence-electron chi connectivity index (χ4n) is 5.63. The van der Waals surface area contributed by atoms with Crippen LogP contribution in [0.4, 0.5) is 9.18 Å². The zero-order valence-electron chi connectivity index (χ0n) is 21.2. The van der Waals surface area contributed by atoms with Crippen LogP contribution in [0.25, 0.3) is 0 Å². The Morgan fingerprint density at radius 2 is 1.64 bits per heavy atom. The third-order valence-electron chi connectivity index (χ3n) is 7.47. The third kappa shape index (κ3) is 5.50. The molecule has 2 fully saturated rings. The molecule has 0 bridgehead atoms. The number of ether oxygens (including phenoxy) is 1. The molecule has 2 heterocycles. The van der Waals surface area contributed by atoms with Gasteiger partial charge in [-0.05, 0) is 88.4 Å². The van der Waals surface area contributed by atoms with Crippen molar-refractivity contribution < 1.29 is 18.7 Å². The van der Waals surface area contributed by atoms with E-state index in [0.717, 1.165) is 11.1 Å². The van der Waals surface area contributed by atoms with Gasteiger partial charge in [0.25, 0.3) is 0 Å². The number of hydrogen-bond acceptors (Lipinski definition) is 3. The normalized spacial score (nSPS) is 21.0. The largest absolute Gasteiger partial charge is 0.444 e. The van der Waals surface area contributed by atoms with Crippen molar-refractivity contribution in [3.8, 4) is 0 Å². The first kappa shape index (κ1) is 26.7. The number of carbonyl (C=O) groups excluding carboxylic acids is 2. The summed E-state index contributed by atoms with van der Waals surface area (Å²) in [6, 6.07) is 11.6. The van der Waals surface area contributed by atoms with Gasteiger partial charge in [0, 0.05) is 41.0 Å². The molecule has 2 aliphatic heterocycles. The van der Waals surface area contributed by atoms with E-state index in [9.17, 15) is 14.0 Å². The minimum absolute atomic E-state index is 0.0636. The highest BCUT2D eigenvalue weighted by atomic mass is 35.5. The number of benzene rings is 2. The summed E-state index contributed by atoms with van der Waals surface area (Å²) in [6.07, 6.45) is 1.53. The van der Waals surface area contributed by atoms with Crippen molar-refractivity contribution in [3.63, 3.8) is 0 Å². The van der Waals surface area contributed by atoms with Crippen LogP contribution < -0.4 is 0 Å². The molecule has 0 aromatic heterocycles. The predicted octanol–water partition coefficient (Wildman–Crippen LogP) is 7.01. The summed E-state index contributed by atoms with van der Waals surface area (Å²) in [6.45, 7) is 9.06. The Morgan fingerprint density at radius 3 is 2.19 bits per heavy atom. The van der Waals surface area contributed by atoms with Crippen LogP contribution in [0.2, 0.25) is 10.0 Å². The Balaban J connectivity index is 1.60. The highest BCUT2D eigenvalue weighted by Crippen LogP contribution is 2.48. The second-order valence-electron chi connectivity index (χ2n) is 10.9. The fraction of sp³-hybridized carbons (Fsp3) is 0.500. The molecule has 4 rings (SSSR count). The molecule has 0 radical (unpaired) electrons. The molecule has 2 aliphatic rings. The van der Waals surface area contributed by atoms with E-state index in [1.165, 1.54) is 12.1 Å². The molecule has 2 aromatic rings. The quantitative estimate of drug-likeness (QED) is 0.423. The number of rotatable bonds is 4. The lowest BCUT2D eigenvalue weighted by Crippen LogP contribution is -2.51. The molecular formula is C28H33Cl2FN2O3. The SMILES string of the molecule is CC(c1cc(Cl)cc(Cl)c1)N1CCC(C2(c3ccc(F)cc3)CCN(C(=O)OC(C)(C)C)CC2)C1=O. The van der Waals surface area contributed by atoms with Crippen LogP contribution in [0.5, 0.6) is 0 Å². The van der Waals surface area contributed by atoms with Gasteiger partial charge in [-0.15, -0.1) is 0 Å². The first-order valence-corrected chi connectivity index (χ1v) is 13.2. The van der Waals surface area contributed by atoms with Crippen LogP contribution in [0.15, 0.2) is 42.5 Å². The molecule has 5 nitrogen and oxygen atoms in total. The Hall–Kier alpha value is -2.31. The van der Waals surface area contributed by atoms with Gasteiger partial charge < -0.3 is 14.5 Å². The maximum absolute atomic E-state index is 13.9. The number of hydrogen-bond donors (Lipinski definition) is 0. The summed E-state index contributed by atoms with van der Waals surface area (Å²) in [5, 5.41) is 1.06. The van der Waals surface area contributed by atoms with Crippen molar-refractivity contribution in [2.24, 2.45) is 5.92 Å². The average Bonchev–Trinajstić information content (AvgIpc) is 3.19. The van der Waals surface area contributed by atoms with E-state index in [4.69, 9.17) is 27.9 Å². The molecule has 2 amide bonds. The van der Waals surface area contributed by atoms with Gasteiger partial charge in [0.15, 0.2) is 0 Å². The van der Waals surface area contributed by atoms with Gasteiger partial charge in [0.05, 0.1) is 6.04 Å². The van der Waals surface area contributed by atoms with Crippen LogP contribution in [0.1, 0.15) is 64.1 Å². The standard InChI is InChI=1S/C28H33Cl2FN2O3/c1-18(19-15-21(29)17-22(30)16-19)33-12-9-24(25(33)34)28(20-5-7-23(31)8-6-20)10-13-32(14-11-28)26(35)36-27(2,3)4/h5-8,15-18,24H,9-14H2,1-4H3. The molecule has 0 saturated carbocycles. The summed E-state index contributed by atoms with van der Waals surface area (Å²) in [7, 11) is 0. The van der Waals surface area contributed by atoms with Crippen LogP contribution >= 0.6 is 23.2 Å². The molecule has 2 saturated heterocycles. The number of halogens is 3. The minimum atomic E-state index is -0.579. The molecular weight excluding hydrogens is 502 g/mol. The molecule has 2 unspecified atom stereocenters. The van der Waals surface area contributed by atoms with Crippen molar-refractivity contribution in [1.82, 2.24) is 9.80 Å². The summed E-state index contributed by atoms with van der Waals surface area (Å²) in [4.78, 5) is 30.2. The van der Waals surface area contributed by atoms with Crippen LogP contribution in [0.3, 0.4) is 0 Å². The van der Waals surface area contributed by atoms with E-state index in [0.29, 0.717) is 48.9 Å². The van der Waals surface area contributed by atoms with E-state index in [2.05, 4.69) is 0 Å². The lowest BCUT2D eigenvalue weighted by Gasteiger charge is -2.45. The predicted molar refractivity (Wildman–Crippen MR) is 140 cm³/mol. The summed E-state index contributed by atoms with van der Waals surface area (Å²) >= 11 is 12.4. The van der Waals surface area contributed by atoms with Crippen molar-refractivity contribution >= 4 is 35.2 Å². The fourth-order valence-corrected chi connectivity index (χ4v) is 6.17. The highest BCUT2D eigenvalue weighted by molar-refractivity contribution is 6.34. The van der Waals surface area contributed by atoms with Gasteiger partial charge in [-0.3, -0.25) is 4.79 Å². The van der Waals surface area contributed by atoms with Gasteiger partial charge >= 0.3 is 6.09 Å². The van der Waals surface area contributed by atoms with E-state index in [1.54, 1.807) is 23.1 Å². The van der Waals surface area contributed by atoms with Gasteiger partial charge in [-0.2, -0.15) is 0 Å². The van der Waals surface area contributed by atoms with Crippen molar-refractivity contribution in [2.45, 2.75) is 64.0 Å². The molecule has 0 spiro atoms. The van der Waals surface area contributed by atoms with E-state index in [-0.39, 0.29) is 29.8 Å². The van der Waals surface area contributed by atoms with Gasteiger partial charge in [0.2, 0.25) is 5.91 Å². The van der Waals surface area contributed by atoms with Crippen LogP contribution in [-0.4, -0.2) is 47.0 Å². The molecule has 2 atom stereocenters. The molecule has 194 valence electrons. The Morgan fingerprint density at radius 1 is 1.06 bits per heavy atom. The van der Waals surface area contributed by atoms with Crippen LogP contribution in [-0.2, 0) is 14.9 Å². The van der Waals surface area contributed by atoms with Crippen molar-refractivity contribution in [3.05, 3.63) is 69.5 Å². The topological polar surface area (TPSA) is 49.9 Å². The maximum Gasteiger partial charge on any atom is 0.410 e. The molecule has 0 aliphatic carbocycles. The van der Waals surface area contributed by atoms with E-state index in [1.807, 2.05) is 44.7 Å². The minimum Gasteiger partial charge on any atom is -0.444 e. The van der Waals surface area contributed by atoms with Crippen molar-refractivity contribution in [2.75, 3.05) is 19.6 Å². The Kier molecular flexibility index (Phi) is 7.59. The molecule has 0 N–H and O–H groups in total. The third-order valence-corrected chi connectivity index (χ3v) is 7.90. The van der Waals surface area contributed by atoms with Gasteiger partial charge in [-0.25, -0.2) is 9.18 Å². The number of carbonyl (C=O) groups is 2. The number of nitrogens with zero attached hydrogens (tertiary/aromatic N) is 2. The second-order valence-corrected chi connectivity index (χ2v) is 11.8.